The number of hydrogen-bond donors (Lipinski definition) is 2. The molecule has 0 radical (unpaired) electrons. The number of ether oxygens (including phenoxy) is 1. The molecule has 10 heteroatoms. The number of amides is 3. The van der Waals surface area contributed by atoms with Crippen molar-refractivity contribution >= 4 is 29.4 Å². The number of carbonyl (C=O) groups excluding carboxylic acids is 4. The zero-order chi connectivity index (χ0) is 22.3. The first-order valence-electron chi connectivity index (χ1n) is 10.2. The molecule has 1 aromatic rings. The lowest BCUT2D eigenvalue weighted by Gasteiger charge is -2.58. The summed E-state index contributed by atoms with van der Waals surface area (Å²) in [6.07, 6.45) is -0.442. The fraction of sp³-hybridized carbons (Fsp3) is 0.524. The Kier molecular flexibility index (Phi) is 5.54. The number of aliphatic hydroxyl groups is 1. The minimum Gasteiger partial charge on any atom is -0.468 e. The summed E-state index contributed by atoms with van der Waals surface area (Å²) in [6, 6.07) is 6.85. The normalized spacial score (nSPS) is 25.3. The van der Waals surface area contributed by atoms with Crippen molar-refractivity contribution < 1.29 is 29.0 Å². The van der Waals surface area contributed by atoms with Gasteiger partial charge in [-0.2, -0.15) is 0 Å². The molecule has 3 aliphatic rings. The molecule has 2 unspecified atom stereocenters. The van der Waals surface area contributed by atoms with Crippen LogP contribution >= 0.6 is 0 Å². The number of imide groups is 1. The van der Waals surface area contributed by atoms with E-state index in [-0.39, 0.29) is 18.9 Å². The number of benzene rings is 1. The molecule has 0 saturated carbocycles. The van der Waals surface area contributed by atoms with Crippen molar-refractivity contribution in [2.24, 2.45) is 0 Å². The maximum absolute atomic E-state index is 13.3. The fourth-order valence-electron chi connectivity index (χ4n) is 4.80. The van der Waals surface area contributed by atoms with Gasteiger partial charge >= 0.3 is 5.97 Å². The van der Waals surface area contributed by atoms with Crippen molar-refractivity contribution in [3.63, 3.8) is 0 Å². The van der Waals surface area contributed by atoms with Crippen LogP contribution in [-0.2, 0) is 30.5 Å². The number of esters is 1. The highest BCUT2D eigenvalue weighted by Gasteiger charge is 2.64. The van der Waals surface area contributed by atoms with Crippen molar-refractivity contribution in [1.82, 2.24) is 14.7 Å². The summed E-state index contributed by atoms with van der Waals surface area (Å²) >= 11 is 0. The third kappa shape index (κ3) is 3.82. The lowest BCUT2D eigenvalue weighted by Crippen LogP contribution is -2.81. The highest BCUT2D eigenvalue weighted by molar-refractivity contribution is 6.07. The number of rotatable bonds is 5. The predicted molar refractivity (Wildman–Crippen MR) is 109 cm³/mol. The molecule has 10 nitrogen and oxygen atoms in total. The Bertz CT molecular complexity index is 911. The van der Waals surface area contributed by atoms with Gasteiger partial charge in [0, 0.05) is 38.8 Å². The summed E-state index contributed by atoms with van der Waals surface area (Å²) < 4.78 is 4.65. The van der Waals surface area contributed by atoms with Crippen LogP contribution in [0.1, 0.15) is 18.9 Å². The molecule has 0 aliphatic carbocycles. The molecular weight excluding hydrogens is 404 g/mol. The number of methoxy groups -OCH3 is 1. The van der Waals surface area contributed by atoms with Crippen LogP contribution in [0.5, 0.6) is 0 Å². The van der Waals surface area contributed by atoms with Crippen molar-refractivity contribution in [3.8, 4) is 0 Å². The molecule has 1 spiro atoms. The van der Waals surface area contributed by atoms with Crippen LogP contribution in [0.2, 0.25) is 0 Å². The van der Waals surface area contributed by atoms with Crippen molar-refractivity contribution in [2.45, 2.75) is 37.6 Å². The Hall–Kier alpha value is -2.82. The van der Waals surface area contributed by atoms with Crippen LogP contribution < -0.4 is 5.32 Å². The number of nitrogens with one attached hydrogen (secondary N) is 1. The number of nitrogens with zero attached hydrogens (tertiary/aromatic N) is 3. The lowest BCUT2D eigenvalue weighted by atomic mass is 9.82. The smallest absolute Gasteiger partial charge is 0.325 e. The van der Waals surface area contributed by atoms with E-state index in [1.54, 1.807) is 0 Å². The van der Waals surface area contributed by atoms with Gasteiger partial charge in [0.25, 0.3) is 5.91 Å². The van der Waals surface area contributed by atoms with E-state index in [1.807, 2.05) is 29.2 Å². The van der Waals surface area contributed by atoms with Crippen LogP contribution in [0, 0.1) is 0 Å². The molecule has 3 fully saturated rings. The van der Waals surface area contributed by atoms with Crippen LogP contribution in [0.25, 0.3) is 0 Å². The van der Waals surface area contributed by atoms with Crippen LogP contribution in [-0.4, -0.2) is 94.5 Å². The van der Waals surface area contributed by atoms with Gasteiger partial charge in [0.2, 0.25) is 11.8 Å². The minimum atomic E-state index is -0.930. The van der Waals surface area contributed by atoms with E-state index in [1.165, 1.54) is 14.0 Å². The molecule has 2 atom stereocenters. The average molecular weight is 430 g/mol. The van der Waals surface area contributed by atoms with Gasteiger partial charge in [-0.1, -0.05) is 12.1 Å². The number of hydrogen-bond acceptors (Lipinski definition) is 8. The maximum atomic E-state index is 13.3. The molecule has 4 rings (SSSR count). The van der Waals surface area contributed by atoms with Crippen LogP contribution in [0.15, 0.2) is 24.3 Å². The molecule has 3 heterocycles. The van der Waals surface area contributed by atoms with Gasteiger partial charge < -0.3 is 15.2 Å². The van der Waals surface area contributed by atoms with Gasteiger partial charge in [0.05, 0.1) is 19.3 Å². The lowest BCUT2D eigenvalue weighted by molar-refractivity contribution is -0.183. The molecule has 166 valence electrons. The third-order valence-corrected chi connectivity index (χ3v) is 6.19. The Labute approximate surface area is 179 Å². The van der Waals surface area contributed by atoms with E-state index in [2.05, 4.69) is 15.0 Å². The molecule has 31 heavy (non-hydrogen) atoms. The quantitative estimate of drug-likeness (QED) is 0.459. The number of piperazine rings is 1. The first-order valence-corrected chi connectivity index (χ1v) is 10.2. The van der Waals surface area contributed by atoms with Gasteiger partial charge in [0.1, 0.15) is 12.1 Å². The second-order valence-electron chi connectivity index (χ2n) is 8.42. The summed E-state index contributed by atoms with van der Waals surface area (Å²) in [7, 11) is 1.21. The zero-order valence-electron chi connectivity index (χ0n) is 17.5. The molecule has 1 aromatic carbocycles. The topological polar surface area (TPSA) is 119 Å². The van der Waals surface area contributed by atoms with Crippen LogP contribution in [0.4, 0.5) is 5.69 Å². The Morgan fingerprint density at radius 1 is 1.23 bits per heavy atom. The highest BCUT2D eigenvalue weighted by Crippen LogP contribution is 2.40. The van der Waals surface area contributed by atoms with E-state index < -0.39 is 42.0 Å². The van der Waals surface area contributed by atoms with Crippen molar-refractivity contribution in [3.05, 3.63) is 29.8 Å². The van der Waals surface area contributed by atoms with Gasteiger partial charge in [-0.15, -0.1) is 0 Å². The molecule has 0 bridgehead atoms. The highest BCUT2D eigenvalue weighted by atomic mass is 16.5. The van der Waals surface area contributed by atoms with Gasteiger partial charge in [-0.3, -0.25) is 33.9 Å². The van der Waals surface area contributed by atoms with E-state index >= 15 is 0 Å². The third-order valence-electron chi connectivity index (χ3n) is 6.19. The summed E-state index contributed by atoms with van der Waals surface area (Å²) in [5, 5.41) is 12.9. The number of likely N-dealkylation sites (tertiary alicyclic amines) is 1. The molecule has 3 amide bonds. The monoisotopic (exact) mass is 430 g/mol. The minimum absolute atomic E-state index is 0.137. The Morgan fingerprint density at radius 3 is 2.52 bits per heavy atom. The zero-order valence-corrected chi connectivity index (χ0v) is 17.5. The first kappa shape index (κ1) is 21.4. The number of β-amino-alcohol motifs (C(OH)–C–C–N with tert-alkyl or cyclic N) is 1. The number of fused-ring (bicyclic) bond motifs is 2. The molecule has 2 N–H and O–H groups in total. The van der Waals surface area contributed by atoms with Gasteiger partial charge in [-0.25, -0.2) is 0 Å². The summed E-state index contributed by atoms with van der Waals surface area (Å²) in [6.45, 7) is 2.68. The molecule has 3 aliphatic heterocycles. The molecule has 0 aromatic heterocycles. The summed E-state index contributed by atoms with van der Waals surface area (Å²) in [4.78, 5) is 53.9. The molecule has 3 saturated heterocycles. The first-order chi connectivity index (χ1) is 14.7. The summed E-state index contributed by atoms with van der Waals surface area (Å²) in [5.41, 5.74) is 0.803. The largest absolute Gasteiger partial charge is 0.468 e. The van der Waals surface area contributed by atoms with Crippen molar-refractivity contribution in [2.75, 3.05) is 38.6 Å². The van der Waals surface area contributed by atoms with Gasteiger partial charge in [0.15, 0.2) is 0 Å². The van der Waals surface area contributed by atoms with E-state index in [0.717, 1.165) is 10.5 Å². The fourth-order valence-corrected chi connectivity index (χ4v) is 4.80. The van der Waals surface area contributed by atoms with Crippen molar-refractivity contribution in [1.29, 1.82) is 0 Å². The Balaban J connectivity index is 1.48. The standard InChI is InChI=1S/C21H26N4O6/c1-13(26)22-15-5-3-14(4-6-15)8-23-11-21(12-23)20(30)24(10-18(28)31-2)19(29)17-7-16(27)9-25(17)21/h3-6,16-17,27H,7-12H2,1-2H3,(H,22,26). The Morgan fingerprint density at radius 2 is 1.90 bits per heavy atom. The number of anilines is 1. The van der Waals surface area contributed by atoms with Crippen LogP contribution in [0.3, 0.4) is 0 Å². The second-order valence-corrected chi connectivity index (χ2v) is 8.42. The van der Waals surface area contributed by atoms with E-state index in [9.17, 15) is 24.3 Å². The van der Waals surface area contributed by atoms with E-state index in [4.69, 9.17) is 0 Å². The number of carbonyl (C=O) groups is 4. The van der Waals surface area contributed by atoms with E-state index in [0.29, 0.717) is 25.3 Å². The average Bonchev–Trinajstić information content (AvgIpc) is 3.09. The predicted octanol–water partition coefficient (Wildman–Crippen LogP) is -0.824. The van der Waals surface area contributed by atoms with Gasteiger partial charge in [-0.05, 0) is 24.1 Å². The molecular formula is C21H26N4O6. The summed E-state index contributed by atoms with van der Waals surface area (Å²) in [5.74, 6) is -1.66. The SMILES string of the molecule is COC(=O)CN1C(=O)C2CC(O)CN2C2(CN(Cc3ccc(NC(C)=O)cc3)C2)C1=O. The number of aliphatic hydroxyl groups excluding tert-OH is 1. The second kappa shape index (κ2) is 8.03. The maximum Gasteiger partial charge on any atom is 0.325 e.